The Morgan fingerprint density at radius 3 is 2.61 bits per heavy atom. The zero-order valence-corrected chi connectivity index (χ0v) is 10.9. The molecule has 3 heteroatoms. The molecule has 0 saturated heterocycles. The second-order valence-electron chi connectivity index (χ2n) is 5.00. The Labute approximate surface area is 108 Å². The molecule has 2 rings (SSSR count). The molecule has 1 aliphatic carbocycles. The molecule has 1 aromatic rings. The maximum absolute atomic E-state index is 12.0. The van der Waals surface area contributed by atoms with Gasteiger partial charge in [0.05, 0.1) is 6.61 Å². The molecule has 0 spiro atoms. The van der Waals surface area contributed by atoms with Crippen LogP contribution in [-0.2, 0) is 0 Å². The van der Waals surface area contributed by atoms with Crippen LogP contribution < -0.4 is 10.5 Å². The predicted molar refractivity (Wildman–Crippen MR) is 71.9 cm³/mol. The minimum absolute atomic E-state index is 0.0357. The predicted octanol–water partition coefficient (Wildman–Crippen LogP) is 2.79. The first kappa shape index (κ1) is 13.1. The van der Waals surface area contributed by atoms with E-state index in [-0.39, 0.29) is 11.8 Å². The Hall–Kier alpha value is -1.35. The molecular formula is C15H21NO2. The lowest BCUT2D eigenvalue weighted by molar-refractivity contribution is 0.0971. The lowest BCUT2D eigenvalue weighted by atomic mass is 10.0. The number of nitrogens with two attached hydrogens (primary N) is 1. The van der Waals surface area contributed by atoms with E-state index in [2.05, 4.69) is 6.92 Å². The summed E-state index contributed by atoms with van der Waals surface area (Å²) in [7, 11) is 0. The zero-order chi connectivity index (χ0) is 13.0. The summed E-state index contributed by atoms with van der Waals surface area (Å²) in [5.41, 5.74) is 6.70. The van der Waals surface area contributed by atoms with E-state index in [4.69, 9.17) is 10.5 Å². The molecule has 1 atom stereocenters. The van der Waals surface area contributed by atoms with Crippen LogP contribution >= 0.6 is 0 Å². The van der Waals surface area contributed by atoms with Gasteiger partial charge in [-0.15, -0.1) is 0 Å². The first-order valence-corrected chi connectivity index (χ1v) is 6.72. The van der Waals surface area contributed by atoms with Crippen molar-refractivity contribution in [2.75, 3.05) is 6.61 Å². The van der Waals surface area contributed by atoms with Gasteiger partial charge in [-0.2, -0.15) is 0 Å². The molecule has 0 heterocycles. The van der Waals surface area contributed by atoms with Crippen LogP contribution in [0.4, 0.5) is 0 Å². The van der Waals surface area contributed by atoms with E-state index < -0.39 is 0 Å². The number of benzene rings is 1. The van der Waals surface area contributed by atoms with Gasteiger partial charge in [-0.3, -0.25) is 4.79 Å². The van der Waals surface area contributed by atoms with Gasteiger partial charge in [-0.05, 0) is 49.4 Å². The number of hydrogen-bond donors (Lipinski definition) is 1. The van der Waals surface area contributed by atoms with Crippen molar-refractivity contribution < 1.29 is 9.53 Å². The van der Waals surface area contributed by atoms with Crippen LogP contribution in [0.2, 0.25) is 0 Å². The Morgan fingerprint density at radius 1 is 1.39 bits per heavy atom. The highest BCUT2D eigenvalue weighted by molar-refractivity contribution is 5.96. The lowest BCUT2D eigenvalue weighted by Gasteiger charge is -2.09. The highest BCUT2D eigenvalue weighted by Gasteiger charge is 2.29. The summed E-state index contributed by atoms with van der Waals surface area (Å²) < 4.78 is 5.48. The van der Waals surface area contributed by atoms with Crippen LogP contribution in [0.15, 0.2) is 24.3 Å². The van der Waals surface area contributed by atoms with Crippen LogP contribution in [-0.4, -0.2) is 18.4 Å². The van der Waals surface area contributed by atoms with Gasteiger partial charge in [0.15, 0.2) is 5.78 Å². The molecule has 2 N–H and O–H groups in total. The third kappa shape index (κ3) is 3.57. The van der Waals surface area contributed by atoms with Gasteiger partial charge in [0.2, 0.25) is 0 Å². The van der Waals surface area contributed by atoms with Crippen LogP contribution in [0.3, 0.4) is 0 Å². The zero-order valence-electron chi connectivity index (χ0n) is 10.9. The van der Waals surface area contributed by atoms with Gasteiger partial charge in [0.1, 0.15) is 5.75 Å². The normalized spacial score (nSPS) is 16.3. The molecule has 1 aliphatic rings. The molecule has 1 unspecified atom stereocenters. The van der Waals surface area contributed by atoms with Crippen LogP contribution in [0.1, 0.15) is 43.0 Å². The Balaban J connectivity index is 1.89. The third-order valence-corrected chi connectivity index (χ3v) is 3.30. The summed E-state index contributed by atoms with van der Waals surface area (Å²) in [4.78, 5) is 12.0. The molecule has 0 radical (unpaired) electrons. The fourth-order valence-corrected chi connectivity index (χ4v) is 1.98. The quantitative estimate of drug-likeness (QED) is 0.754. The minimum Gasteiger partial charge on any atom is -0.494 e. The van der Waals surface area contributed by atoms with E-state index in [1.807, 2.05) is 24.3 Å². The van der Waals surface area contributed by atoms with Crippen LogP contribution in [0.5, 0.6) is 5.75 Å². The second-order valence-corrected chi connectivity index (χ2v) is 5.00. The van der Waals surface area contributed by atoms with Crippen molar-refractivity contribution in [2.24, 2.45) is 11.7 Å². The van der Waals surface area contributed by atoms with Crippen LogP contribution in [0, 0.1) is 5.92 Å². The van der Waals surface area contributed by atoms with Crippen molar-refractivity contribution in [3.05, 3.63) is 29.8 Å². The molecule has 0 amide bonds. The topological polar surface area (TPSA) is 52.3 Å². The smallest absolute Gasteiger partial charge is 0.164 e. The molecule has 0 aromatic heterocycles. The first-order chi connectivity index (χ1) is 8.70. The van der Waals surface area contributed by atoms with Crippen molar-refractivity contribution in [3.63, 3.8) is 0 Å². The number of ketones is 1. The van der Waals surface area contributed by atoms with Crippen molar-refractivity contribution in [1.82, 2.24) is 0 Å². The molecule has 0 aliphatic heterocycles. The number of ether oxygens (including phenoxy) is 1. The van der Waals surface area contributed by atoms with Crippen LogP contribution in [0.25, 0.3) is 0 Å². The summed E-state index contributed by atoms with van der Waals surface area (Å²) in [6, 6.07) is 7.39. The molecular weight excluding hydrogens is 226 g/mol. The van der Waals surface area contributed by atoms with Gasteiger partial charge in [-0.1, -0.05) is 6.92 Å². The summed E-state index contributed by atoms with van der Waals surface area (Å²) in [6.07, 6.45) is 3.80. The van der Waals surface area contributed by atoms with Gasteiger partial charge >= 0.3 is 0 Å². The first-order valence-electron chi connectivity index (χ1n) is 6.72. The van der Waals surface area contributed by atoms with E-state index in [0.29, 0.717) is 18.9 Å². The summed E-state index contributed by atoms with van der Waals surface area (Å²) in [6.45, 7) is 2.77. The molecule has 1 aromatic carbocycles. The SMILES string of the molecule is CCCOc1ccc(C(=O)CC(N)C2CC2)cc1. The number of rotatable bonds is 7. The monoisotopic (exact) mass is 247 g/mol. The highest BCUT2D eigenvalue weighted by atomic mass is 16.5. The molecule has 18 heavy (non-hydrogen) atoms. The van der Waals surface area contributed by atoms with Crippen molar-refractivity contribution in [1.29, 1.82) is 0 Å². The Morgan fingerprint density at radius 2 is 2.06 bits per heavy atom. The lowest BCUT2D eigenvalue weighted by Crippen LogP contribution is -2.25. The van der Waals surface area contributed by atoms with Crippen molar-refractivity contribution in [3.8, 4) is 5.75 Å². The maximum atomic E-state index is 12.0. The minimum atomic E-state index is 0.0357. The molecule has 0 bridgehead atoms. The number of carbonyl (C=O) groups excluding carboxylic acids is 1. The summed E-state index contributed by atoms with van der Waals surface area (Å²) in [5.74, 6) is 1.53. The summed E-state index contributed by atoms with van der Waals surface area (Å²) in [5, 5.41) is 0. The standard InChI is InChI=1S/C15H21NO2/c1-2-9-18-13-7-5-12(6-8-13)15(17)10-14(16)11-3-4-11/h5-8,11,14H,2-4,9-10,16H2,1H3. The second kappa shape index (κ2) is 6.01. The maximum Gasteiger partial charge on any atom is 0.164 e. The van der Waals surface area contributed by atoms with Gasteiger partial charge in [-0.25, -0.2) is 0 Å². The van der Waals surface area contributed by atoms with E-state index in [9.17, 15) is 4.79 Å². The Bertz CT molecular complexity index is 395. The summed E-state index contributed by atoms with van der Waals surface area (Å²) >= 11 is 0. The molecule has 1 saturated carbocycles. The Kier molecular flexibility index (Phi) is 4.37. The average Bonchev–Trinajstić information content (AvgIpc) is 3.21. The highest BCUT2D eigenvalue weighted by Crippen LogP contribution is 2.33. The number of Topliss-reactive ketones (excluding diaryl/α,β-unsaturated/α-hetero) is 1. The largest absolute Gasteiger partial charge is 0.494 e. The van der Waals surface area contributed by atoms with E-state index in [1.54, 1.807) is 0 Å². The molecule has 1 fully saturated rings. The van der Waals surface area contributed by atoms with Gasteiger partial charge in [0.25, 0.3) is 0 Å². The van der Waals surface area contributed by atoms with E-state index >= 15 is 0 Å². The number of hydrogen-bond acceptors (Lipinski definition) is 3. The van der Waals surface area contributed by atoms with E-state index in [1.165, 1.54) is 12.8 Å². The van der Waals surface area contributed by atoms with Crippen molar-refractivity contribution in [2.45, 2.75) is 38.6 Å². The fourth-order valence-electron chi connectivity index (χ4n) is 1.98. The molecule has 98 valence electrons. The van der Waals surface area contributed by atoms with Gasteiger partial charge < -0.3 is 10.5 Å². The third-order valence-electron chi connectivity index (χ3n) is 3.30. The fraction of sp³-hybridized carbons (Fsp3) is 0.533. The molecule has 3 nitrogen and oxygen atoms in total. The van der Waals surface area contributed by atoms with Gasteiger partial charge in [0, 0.05) is 18.0 Å². The average molecular weight is 247 g/mol. The van der Waals surface area contributed by atoms with Crippen molar-refractivity contribution >= 4 is 5.78 Å². The number of carbonyl (C=O) groups is 1. The van der Waals surface area contributed by atoms with E-state index in [0.717, 1.165) is 17.7 Å².